The summed E-state index contributed by atoms with van der Waals surface area (Å²) in [5, 5.41) is 10.1. The molecular formula is C27H22N2O3. The van der Waals surface area contributed by atoms with Crippen LogP contribution < -0.4 is 4.74 Å². The van der Waals surface area contributed by atoms with Gasteiger partial charge in [0.1, 0.15) is 11.6 Å². The largest absolute Gasteiger partial charge is 0.504 e. The van der Waals surface area contributed by atoms with Gasteiger partial charge in [0.2, 0.25) is 0 Å². The van der Waals surface area contributed by atoms with E-state index in [-0.39, 0.29) is 5.75 Å². The summed E-state index contributed by atoms with van der Waals surface area (Å²) in [7, 11) is 1.54. The molecule has 2 aromatic heterocycles. The highest BCUT2D eigenvalue weighted by Crippen LogP contribution is 2.38. The Hall–Kier alpha value is -4.25. The van der Waals surface area contributed by atoms with Gasteiger partial charge in [-0.1, -0.05) is 60.7 Å². The Balaban J connectivity index is 1.80. The third-order valence-corrected chi connectivity index (χ3v) is 5.39. The van der Waals surface area contributed by atoms with Gasteiger partial charge in [0.05, 0.1) is 31.3 Å². The van der Waals surface area contributed by atoms with Gasteiger partial charge in [0, 0.05) is 16.7 Å². The number of aromatic nitrogens is 2. The van der Waals surface area contributed by atoms with Gasteiger partial charge in [-0.25, -0.2) is 4.98 Å². The minimum absolute atomic E-state index is 0.0898. The van der Waals surface area contributed by atoms with E-state index in [1.807, 2.05) is 54.6 Å². The summed E-state index contributed by atoms with van der Waals surface area (Å²) >= 11 is 0. The van der Waals surface area contributed by atoms with Crippen LogP contribution in [0.15, 0.2) is 102 Å². The summed E-state index contributed by atoms with van der Waals surface area (Å²) < 4.78 is 13.2. The molecule has 1 N–H and O–H groups in total. The highest BCUT2D eigenvalue weighted by Gasteiger charge is 2.22. The second kappa shape index (κ2) is 8.47. The quantitative estimate of drug-likeness (QED) is 0.352. The molecular weight excluding hydrogens is 400 g/mol. The van der Waals surface area contributed by atoms with Gasteiger partial charge in [-0.2, -0.15) is 0 Å². The number of aromatic hydroxyl groups is 1. The van der Waals surface area contributed by atoms with Crippen molar-refractivity contribution >= 4 is 0 Å². The molecule has 0 aliphatic carbocycles. The third-order valence-electron chi connectivity index (χ3n) is 5.39. The van der Waals surface area contributed by atoms with Crippen LogP contribution in [0.4, 0.5) is 0 Å². The van der Waals surface area contributed by atoms with Crippen molar-refractivity contribution in [3.05, 3.63) is 103 Å². The monoisotopic (exact) mass is 422 g/mol. The molecule has 0 amide bonds. The lowest BCUT2D eigenvalue weighted by molar-refractivity contribution is 0.373. The lowest BCUT2D eigenvalue weighted by atomic mass is 10.0. The van der Waals surface area contributed by atoms with Gasteiger partial charge in [-0.05, 0) is 30.3 Å². The SMILES string of the molecule is COc1cc(-c2nc(-c3ccccc3)c(-c3ccccc3)n2Cc2ccco2)ccc1O. The average molecular weight is 422 g/mol. The smallest absolute Gasteiger partial charge is 0.161 e. The van der Waals surface area contributed by atoms with E-state index in [0.29, 0.717) is 12.3 Å². The molecule has 0 fully saturated rings. The number of methoxy groups -OCH3 is 1. The van der Waals surface area contributed by atoms with Crippen LogP contribution in [0.25, 0.3) is 33.9 Å². The summed E-state index contributed by atoms with van der Waals surface area (Å²) in [5.74, 6) is 2.08. The number of nitrogens with zero attached hydrogens (tertiary/aromatic N) is 2. The molecule has 5 nitrogen and oxygen atoms in total. The Bertz CT molecular complexity index is 1320. The second-order valence-electron chi connectivity index (χ2n) is 7.42. The highest BCUT2D eigenvalue weighted by atomic mass is 16.5. The number of phenolic OH excluding ortho intramolecular Hbond substituents is 1. The molecule has 0 spiro atoms. The van der Waals surface area contributed by atoms with Crippen LogP contribution in [0.2, 0.25) is 0 Å². The normalized spacial score (nSPS) is 10.9. The van der Waals surface area contributed by atoms with Gasteiger partial charge in [-0.15, -0.1) is 0 Å². The Kier molecular flexibility index (Phi) is 5.22. The van der Waals surface area contributed by atoms with Crippen molar-refractivity contribution in [2.75, 3.05) is 7.11 Å². The molecule has 0 aliphatic rings. The van der Waals surface area contributed by atoms with Crippen LogP contribution in [0.3, 0.4) is 0 Å². The molecule has 0 saturated carbocycles. The lowest BCUT2D eigenvalue weighted by Crippen LogP contribution is -2.04. The van der Waals surface area contributed by atoms with Gasteiger partial charge in [0.25, 0.3) is 0 Å². The fraction of sp³-hybridized carbons (Fsp3) is 0.0741. The Morgan fingerprint density at radius 2 is 1.56 bits per heavy atom. The number of furan rings is 1. The Labute approximate surface area is 186 Å². The number of hydrogen-bond donors (Lipinski definition) is 1. The van der Waals surface area contributed by atoms with Crippen LogP contribution in [-0.2, 0) is 6.54 Å². The molecule has 0 radical (unpaired) electrons. The maximum Gasteiger partial charge on any atom is 0.161 e. The van der Waals surface area contributed by atoms with Crippen molar-refractivity contribution in [1.82, 2.24) is 9.55 Å². The van der Waals surface area contributed by atoms with Crippen LogP contribution in [-0.4, -0.2) is 21.8 Å². The van der Waals surface area contributed by atoms with Crippen LogP contribution >= 0.6 is 0 Å². The molecule has 3 aromatic carbocycles. The molecule has 2 heterocycles. The minimum atomic E-state index is 0.0898. The number of hydrogen-bond acceptors (Lipinski definition) is 4. The van der Waals surface area contributed by atoms with Crippen molar-refractivity contribution in [2.24, 2.45) is 0 Å². The standard InChI is InChI=1S/C27H22N2O3/c1-31-24-17-21(14-15-23(24)30)27-28-25(19-9-4-2-5-10-19)26(20-11-6-3-7-12-20)29(27)18-22-13-8-16-32-22/h2-17,30H,18H2,1H3. The summed E-state index contributed by atoms with van der Waals surface area (Å²) in [5.41, 5.74) is 4.80. The molecule has 32 heavy (non-hydrogen) atoms. The molecule has 0 aliphatic heterocycles. The van der Waals surface area contributed by atoms with Crippen molar-refractivity contribution < 1.29 is 14.3 Å². The van der Waals surface area contributed by atoms with Gasteiger partial charge in [-0.3, -0.25) is 0 Å². The number of phenols is 1. The minimum Gasteiger partial charge on any atom is -0.504 e. The molecule has 0 bridgehead atoms. The lowest BCUT2D eigenvalue weighted by Gasteiger charge is -2.13. The first-order valence-corrected chi connectivity index (χ1v) is 10.4. The van der Waals surface area contributed by atoms with E-state index in [9.17, 15) is 5.11 Å². The predicted octanol–water partition coefficient (Wildman–Crippen LogP) is 6.24. The maximum absolute atomic E-state index is 10.1. The van der Waals surface area contributed by atoms with E-state index >= 15 is 0 Å². The van der Waals surface area contributed by atoms with Crippen molar-refractivity contribution in [2.45, 2.75) is 6.54 Å². The first-order chi connectivity index (χ1) is 15.7. The summed E-state index contributed by atoms with van der Waals surface area (Å²) in [4.78, 5) is 5.10. The fourth-order valence-electron chi connectivity index (χ4n) is 3.89. The maximum atomic E-state index is 10.1. The molecule has 158 valence electrons. The van der Waals surface area contributed by atoms with E-state index in [0.717, 1.165) is 39.7 Å². The summed E-state index contributed by atoms with van der Waals surface area (Å²) in [6.45, 7) is 0.510. The summed E-state index contributed by atoms with van der Waals surface area (Å²) in [6.07, 6.45) is 1.68. The van der Waals surface area contributed by atoms with Gasteiger partial charge < -0.3 is 18.8 Å². The molecule has 0 atom stereocenters. The Morgan fingerprint density at radius 3 is 2.22 bits per heavy atom. The van der Waals surface area contributed by atoms with Crippen LogP contribution in [0.1, 0.15) is 5.76 Å². The van der Waals surface area contributed by atoms with Crippen molar-refractivity contribution in [3.8, 4) is 45.4 Å². The number of benzene rings is 3. The first-order valence-electron chi connectivity index (χ1n) is 10.4. The highest BCUT2D eigenvalue weighted by molar-refractivity contribution is 5.82. The number of rotatable bonds is 6. The molecule has 5 aromatic rings. The topological polar surface area (TPSA) is 60.4 Å². The van der Waals surface area contributed by atoms with E-state index in [2.05, 4.69) is 28.8 Å². The molecule has 5 rings (SSSR count). The number of ether oxygens (including phenoxy) is 1. The van der Waals surface area contributed by atoms with Gasteiger partial charge in [0.15, 0.2) is 11.5 Å². The first kappa shape index (κ1) is 19.7. The van der Waals surface area contributed by atoms with E-state index < -0.39 is 0 Å². The van der Waals surface area contributed by atoms with Crippen LogP contribution in [0, 0.1) is 0 Å². The molecule has 0 unspecified atom stereocenters. The Morgan fingerprint density at radius 1 is 0.844 bits per heavy atom. The average Bonchev–Trinajstić information content (AvgIpc) is 3.49. The van der Waals surface area contributed by atoms with Gasteiger partial charge >= 0.3 is 0 Å². The van der Waals surface area contributed by atoms with Crippen molar-refractivity contribution in [3.63, 3.8) is 0 Å². The zero-order valence-electron chi connectivity index (χ0n) is 17.6. The fourth-order valence-corrected chi connectivity index (χ4v) is 3.89. The zero-order chi connectivity index (χ0) is 21.9. The molecule has 0 saturated heterocycles. The number of imidazole rings is 1. The summed E-state index contributed by atoms with van der Waals surface area (Å²) in [6, 6.07) is 29.5. The molecule has 5 heteroatoms. The van der Waals surface area contributed by atoms with E-state index in [1.165, 1.54) is 0 Å². The predicted molar refractivity (Wildman–Crippen MR) is 125 cm³/mol. The van der Waals surface area contributed by atoms with Crippen molar-refractivity contribution in [1.29, 1.82) is 0 Å². The second-order valence-corrected chi connectivity index (χ2v) is 7.42. The third kappa shape index (κ3) is 3.65. The van der Waals surface area contributed by atoms with Crippen LogP contribution in [0.5, 0.6) is 11.5 Å². The van der Waals surface area contributed by atoms with E-state index in [4.69, 9.17) is 14.1 Å². The zero-order valence-corrected chi connectivity index (χ0v) is 17.6. The van der Waals surface area contributed by atoms with E-state index in [1.54, 1.807) is 25.5 Å².